The van der Waals surface area contributed by atoms with Crippen molar-refractivity contribution in [2.45, 2.75) is 11.2 Å². The van der Waals surface area contributed by atoms with Crippen LogP contribution in [0.3, 0.4) is 0 Å². The molecule has 0 saturated carbocycles. The molecular weight excluding hydrogens is 489 g/mol. The van der Waals surface area contributed by atoms with Gasteiger partial charge in [-0.1, -0.05) is 23.2 Å². The average molecular weight is 501 g/mol. The number of nitrogens with zero attached hydrogens (tertiary/aromatic N) is 3. The van der Waals surface area contributed by atoms with Crippen LogP contribution in [0.1, 0.15) is 10.6 Å². The number of pyridine rings is 1. The standard InChI is InChI=1S/C19H12Cl2F2N4O4S/c20-9-1-13(21)18-24-5-17(27(18)6-9)32(29,30)25-19(28)16-4-12-14(23)2-11(3-15(12)31-16)26-7-10(22)8-26/h1-6,10H,7-8H2,(H,25,28). The number of benzene rings is 1. The minimum atomic E-state index is -4.41. The van der Waals surface area contributed by atoms with Crippen molar-refractivity contribution in [2.24, 2.45) is 0 Å². The number of hydrogen-bond acceptors (Lipinski definition) is 6. The molecule has 166 valence electrons. The van der Waals surface area contributed by atoms with Crippen LogP contribution in [0.2, 0.25) is 10.0 Å². The zero-order chi connectivity index (χ0) is 22.8. The Labute approximate surface area is 189 Å². The van der Waals surface area contributed by atoms with Crippen LogP contribution in [0.5, 0.6) is 0 Å². The van der Waals surface area contributed by atoms with Crippen molar-refractivity contribution in [1.82, 2.24) is 14.1 Å². The molecule has 13 heteroatoms. The normalized spacial score (nSPS) is 14.8. The van der Waals surface area contributed by atoms with E-state index in [0.29, 0.717) is 5.69 Å². The van der Waals surface area contributed by atoms with E-state index in [9.17, 15) is 22.0 Å². The van der Waals surface area contributed by atoms with Crippen LogP contribution in [-0.2, 0) is 10.0 Å². The Morgan fingerprint density at radius 2 is 1.97 bits per heavy atom. The summed E-state index contributed by atoms with van der Waals surface area (Å²) < 4.78 is 61.5. The molecular formula is C19H12Cl2F2N4O4S. The van der Waals surface area contributed by atoms with Crippen LogP contribution in [0, 0.1) is 5.82 Å². The number of fused-ring (bicyclic) bond motifs is 2. The Morgan fingerprint density at radius 3 is 2.69 bits per heavy atom. The summed E-state index contributed by atoms with van der Waals surface area (Å²) in [5.41, 5.74) is 0.555. The Hall–Kier alpha value is -2.89. The highest BCUT2D eigenvalue weighted by Crippen LogP contribution is 2.31. The summed E-state index contributed by atoms with van der Waals surface area (Å²) in [6, 6.07) is 5.15. The van der Waals surface area contributed by atoms with E-state index in [0.717, 1.165) is 16.7 Å². The number of amides is 1. The number of alkyl halides is 1. The largest absolute Gasteiger partial charge is 0.451 e. The fourth-order valence-electron chi connectivity index (χ4n) is 3.43. The molecule has 1 aliphatic heterocycles. The molecule has 4 aromatic rings. The number of halogens is 4. The van der Waals surface area contributed by atoms with E-state index >= 15 is 0 Å². The number of hydrogen-bond donors (Lipinski definition) is 1. The van der Waals surface area contributed by atoms with Crippen molar-refractivity contribution in [3.63, 3.8) is 0 Å². The molecule has 1 amide bonds. The van der Waals surface area contributed by atoms with Gasteiger partial charge in [0, 0.05) is 24.0 Å². The van der Waals surface area contributed by atoms with Crippen molar-refractivity contribution in [3.05, 3.63) is 58.3 Å². The molecule has 1 fully saturated rings. The maximum Gasteiger partial charge on any atom is 0.300 e. The van der Waals surface area contributed by atoms with Gasteiger partial charge in [-0.05, 0) is 12.1 Å². The second kappa shape index (κ2) is 7.32. The number of carbonyl (C=O) groups excluding carboxylic acids is 1. The van der Waals surface area contributed by atoms with E-state index in [1.54, 1.807) is 4.90 Å². The third-order valence-electron chi connectivity index (χ3n) is 4.99. The van der Waals surface area contributed by atoms with E-state index in [2.05, 4.69) is 4.98 Å². The molecule has 1 aromatic carbocycles. The van der Waals surface area contributed by atoms with Crippen LogP contribution in [-0.4, -0.2) is 43.0 Å². The lowest BCUT2D eigenvalue weighted by molar-refractivity contribution is 0.0956. The molecule has 1 aliphatic rings. The van der Waals surface area contributed by atoms with Gasteiger partial charge in [0.05, 0.1) is 34.7 Å². The first-order valence-electron chi connectivity index (χ1n) is 9.14. The molecule has 0 aliphatic carbocycles. The number of imidazole rings is 1. The van der Waals surface area contributed by atoms with Crippen molar-refractivity contribution in [1.29, 1.82) is 0 Å². The van der Waals surface area contributed by atoms with Crippen molar-refractivity contribution in [2.75, 3.05) is 18.0 Å². The predicted octanol–water partition coefficient (Wildman–Crippen LogP) is 3.80. The number of carbonyl (C=O) groups is 1. The summed E-state index contributed by atoms with van der Waals surface area (Å²) in [4.78, 5) is 18.1. The SMILES string of the molecule is O=C(NS(=O)(=O)c1cnc2c(Cl)cc(Cl)cn12)c1cc2c(F)cc(N3CC(F)C3)cc2o1. The van der Waals surface area contributed by atoms with Gasteiger partial charge >= 0.3 is 5.91 Å². The number of furan rings is 1. The van der Waals surface area contributed by atoms with E-state index in [1.807, 2.05) is 4.72 Å². The van der Waals surface area contributed by atoms with Crippen LogP contribution in [0.15, 0.2) is 46.1 Å². The van der Waals surface area contributed by atoms with Gasteiger partial charge in [-0.25, -0.2) is 18.5 Å². The first-order chi connectivity index (χ1) is 15.1. The second-order valence-electron chi connectivity index (χ2n) is 7.18. The average Bonchev–Trinajstić information content (AvgIpc) is 3.30. The van der Waals surface area contributed by atoms with E-state index in [4.69, 9.17) is 27.6 Å². The lowest BCUT2D eigenvalue weighted by Gasteiger charge is -2.36. The summed E-state index contributed by atoms with van der Waals surface area (Å²) in [7, 11) is -4.41. The fraction of sp³-hybridized carbons (Fsp3) is 0.158. The van der Waals surface area contributed by atoms with Crippen LogP contribution in [0.25, 0.3) is 16.6 Å². The highest BCUT2D eigenvalue weighted by atomic mass is 35.5. The van der Waals surface area contributed by atoms with Crippen LogP contribution in [0.4, 0.5) is 14.5 Å². The lowest BCUT2D eigenvalue weighted by atomic mass is 10.1. The first-order valence-corrected chi connectivity index (χ1v) is 11.4. The molecule has 1 saturated heterocycles. The molecule has 0 unspecified atom stereocenters. The van der Waals surface area contributed by atoms with Gasteiger partial charge in [0.2, 0.25) is 0 Å². The molecule has 4 heterocycles. The third-order valence-corrected chi connectivity index (χ3v) is 6.79. The van der Waals surface area contributed by atoms with Gasteiger partial charge in [-0.15, -0.1) is 0 Å². The molecule has 32 heavy (non-hydrogen) atoms. The summed E-state index contributed by atoms with van der Waals surface area (Å²) in [6.45, 7) is 0.259. The highest BCUT2D eigenvalue weighted by Gasteiger charge is 2.29. The van der Waals surface area contributed by atoms with Gasteiger partial charge in [0.1, 0.15) is 17.6 Å². The monoisotopic (exact) mass is 500 g/mol. The third kappa shape index (κ3) is 3.46. The number of anilines is 1. The second-order valence-corrected chi connectivity index (χ2v) is 9.66. The zero-order valence-electron chi connectivity index (χ0n) is 15.9. The summed E-state index contributed by atoms with van der Waals surface area (Å²) in [5.74, 6) is -2.22. The van der Waals surface area contributed by atoms with Gasteiger partial charge in [-0.2, -0.15) is 8.42 Å². The van der Waals surface area contributed by atoms with Gasteiger partial charge in [0.25, 0.3) is 10.0 Å². The number of nitrogens with one attached hydrogen (secondary N) is 1. The fourth-order valence-corrected chi connectivity index (χ4v) is 4.99. The van der Waals surface area contributed by atoms with E-state index < -0.39 is 33.7 Å². The smallest absolute Gasteiger partial charge is 0.300 e. The molecule has 5 rings (SSSR count). The molecule has 0 atom stereocenters. The number of aromatic nitrogens is 2. The number of rotatable bonds is 4. The van der Waals surface area contributed by atoms with Gasteiger partial charge in [0.15, 0.2) is 16.4 Å². The topological polar surface area (TPSA) is 96.9 Å². The molecule has 8 nitrogen and oxygen atoms in total. The Balaban J connectivity index is 1.46. The van der Waals surface area contributed by atoms with Crippen LogP contribution < -0.4 is 9.62 Å². The Kier molecular flexibility index (Phi) is 4.80. The summed E-state index contributed by atoms with van der Waals surface area (Å²) in [5, 5.41) is -0.112. The molecule has 0 spiro atoms. The molecule has 0 bridgehead atoms. The van der Waals surface area contributed by atoms with E-state index in [-0.39, 0.29) is 44.8 Å². The highest BCUT2D eigenvalue weighted by molar-refractivity contribution is 7.90. The first kappa shape index (κ1) is 21.0. The minimum Gasteiger partial charge on any atom is -0.451 e. The maximum atomic E-state index is 14.5. The quantitative estimate of drug-likeness (QED) is 0.457. The Bertz CT molecular complexity index is 1510. The zero-order valence-corrected chi connectivity index (χ0v) is 18.2. The summed E-state index contributed by atoms with van der Waals surface area (Å²) >= 11 is 12.0. The van der Waals surface area contributed by atoms with Crippen molar-refractivity contribution < 1.29 is 26.4 Å². The van der Waals surface area contributed by atoms with E-state index in [1.165, 1.54) is 24.4 Å². The molecule has 3 aromatic heterocycles. The molecule has 1 N–H and O–H groups in total. The van der Waals surface area contributed by atoms with Gasteiger partial charge < -0.3 is 9.32 Å². The van der Waals surface area contributed by atoms with Crippen molar-refractivity contribution >= 4 is 61.4 Å². The Morgan fingerprint density at radius 1 is 1.22 bits per heavy atom. The van der Waals surface area contributed by atoms with Crippen molar-refractivity contribution in [3.8, 4) is 0 Å². The minimum absolute atomic E-state index is 0.0120. The van der Waals surface area contributed by atoms with Crippen LogP contribution >= 0.6 is 23.2 Å². The lowest BCUT2D eigenvalue weighted by Crippen LogP contribution is -2.48. The predicted molar refractivity (Wildman–Crippen MR) is 113 cm³/mol. The maximum absolute atomic E-state index is 14.5. The van der Waals surface area contributed by atoms with Gasteiger partial charge in [-0.3, -0.25) is 9.20 Å². The number of sulfonamides is 1. The summed E-state index contributed by atoms with van der Waals surface area (Å²) in [6.07, 6.45) is 1.31. The molecule has 0 radical (unpaired) electrons.